The monoisotopic (exact) mass is 313 g/mol. The van der Waals surface area contributed by atoms with Crippen molar-refractivity contribution in [2.45, 2.75) is 19.6 Å². The molecule has 20 heavy (non-hydrogen) atoms. The van der Waals surface area contributed by atoms with E-state index in [-0.39, 0.29) is 5.91 Å². The number of amides is 1. The second kappa shape index (κ2) is 6.63. The summed E-state index contributed by atoms with van der Waals surface area (Å²) in [5.41, 5.74) is 0. The number of halogens is 2. The molecule has 1 unspecified atom stereocenters. The molecule has 1 aromatic heterocycles. The summed E-state index contributed by atoms with van der Waals surface area (Å²) in [6, 6.07) is 4.84. The van der Waals surface area contributed by atoms with Gasteiger partial charge in [0.1, 0.15) is 11.6 Å². The smallest absolute Gasteiger partial charge is 0.261 e. The average molecular weight is 314 g/mol. The van der Waals surface area contributed by atoms with Gasteiger partial charge in [-0.3, -0.25) is 4.79 Å². The van der Waals surface area contributed by atoms with Crippen LogP contribution < -0.4 is 10.1 Å². The molecule has 0 saturated carbocycles. The molecule has 2 aromatic rings. The van der Waals surface area contributed by atoms with Gasteiger partial charge in [0.2, 0.25) is 0 Å². The van der Waals surface area contributed by atoms with Crippen molar-refractivity contribution in [3.8, 4) is 5.75 Å². The summed E-state index contributed by atoms with van der Waals surface area (Å²) in [5.74, 6) is 0.833. The first-order valence-corrected chi connectivity index (χ1v) is 6.69. The summed E-state index contributed by atoms with van der Waals surface area (Å²) in [6.07, 6.45) is 2.63. The SMILES string of the molecule is CC(Oc1ccc(Cl)cc1Cl)C(=O)NCc1ncc[nH]1. The zero-order valence-electron chi connectivity index (χ0n) is 10.7. The maximum absolute atomic E-state index is 11.9. The number of ether oxygens (including phenoxy) is 1. The second-order valence-corrected chi connectivity index (χ2v) is 4.93. The Kier molecular flexibility index (Phi) is 4.87. The standard InChI is InChI=1S/C13H13Cl2N3O2/c1-8(13(19)18-7-12-16-4-5-17-12)20-11-3-2-9(14)6-10(11)15/h2-6,8H,7H2,1H3,(H,16,17)(H,18,19). The van der Waals surface area contributed by atoms with E-state index in [0.717, 1.165) is 0 Å². The number of aromatic amines is 1. The summed E-state index contributed by atoms with van der Waals surface area (Å²) in [7, 11) is 0. The van der Waals surface area contributed by atoms with Gasteiger partial charge in [-0.15, -0.1) is 0 Å². The average Bonchev–Trinajstić information content (AvgIpc) is 2.92. The molecule has 0 aliphatic rings. The Labute approximate surface area is 126 Å². The molecule has 0 spiro atoms. The Morgan fingerprint density at radius 3 is 2.95 bits per heavy atom. The van der Waals surface area contributed by atoms with E-state index >= 15 is 0 Å². The number of aromatic nitrogens is 2. The molecule has 0 saturated heterocycles. The molecule has 0 radical (unpaired) electrons. The van der Waals surface area contributed by atoms with Gasteiger partial charge in [-0.1, -0.05) is 23.2 Å². The minimum Gasteiger partial charge on any atom is -0.479 e. The molecule has 7 heteroatoms. The predicted octanol–water partition coefficient (Wildman–Crippen LogP) is 2.80. The summed E-state index contributed by atoms with van der Waals surface area (Å²) in [5, 5.41) is 3.58. The first-order valence-electron chi connectivity index (χ1n) is 5.94. The summed E-state index contributed by atoms with van der Waals surface area (Å²) >= 11 is 11.8. The van der Waals surface area contributed by atoms with E-state index < -0.39 is 6.10 Å². The first kappa shape index (κ1) is 14.7. The number of hydrogen-bond donors (Lipinski definition) is 2. The molecule has 1 atom stereocenters. The lowest BCUT2D eigenvalue weighted by atomic mass is 10.3. The molecule has 0 bridgehead atoms. The predicted molar refractivity (Wildman–Crippen MR) is 77.0 cm³/mol. The van der Waals surface area contributed by atoms with Crippen molar-refractivity contribution in [3.63, 3.8) is 0 Å². The Morgan fingerprint density at radius 2 is 2.30 bits per heavy atom. The Morgan fingerprint density at radius 1 is 1.50 bits per heavy atom. The third-order valence-electron chi connectivity index (χ3n) is 2.55. The van der Waals surface area contributed by atoms with Crippen LogP contribution in [0.25, 0.3) is 0 Å². The first-order chi connectivity index (χ1) is 9.56. The van der Waals surface area contributed by atoms with Crippen molar-refractivity contribution < 1.29 is 9.53 Å². The Hall–Kier alpha value is -1.72. The van der Waals surface area contributed by atoms with Crippen molar-refractivity contribution >= 4 is 29.1 Å². The van der Waals surface area contributed by atoms with Gasteiger partial charge in [-0.25, -0.2) is 4.98 Å². The van der Waals surface area contributed by atoms with Gasteiger partial charge in [0.25, 0.3) is 5.91 Å². The molecule has 0 aliphatic heterocycles. The summed E-state index contributed by atoms with van der Waals surface area (Å²) in [4.78, 5) is 18.8. The molecule has 0 aliphatic carbocycles. The number of carbonyl (C=O) groups excluding carboxylic acids is 1. The molecule has 106 valence electrons. The van der Waals surface area contributed by atoms with Crippen LogP contribution in [0, 0.1) is 0 Å². The van der Waals surface area contributed by atoms with Crippen LogP contribution in [0.15, 0.2) is 30.6 Å². The van der Waals surface area contributed by atoms with Gasteiger partial charge >= 0.3 is 0 Å². The van der Waals surface area contributed by atoms with E-state index in [1.165, 1.54) is 0 Å². The molecule has 0 fully saturated rings. The van der Waals surface area contributed by atoms with E-state index in [1.54, 1.807) is 37.5 Å². The van der Waals surface area contributed by atoms with Gasteiger partial charge in [-0.05, 0) is 25.1 Å². The number of imidazole rings is 1. The maximum Gasteiger partial charge on any atom is 0.261 e. The van der Waals surface area contributed by atoms with Crippen LogP contribution >= 0.6 is 23.2 Å². The van der Waals surface area contributed by atoms with Crippen LogP contribution in [0.3, 0.4) is 0 Å². The van der Waals surface area contributed by atoms with Crippen molar-refractivity contribution in [1.29, 1.82) is 0 Å². The van der Waals surface area contributed by atoms with Gasteiger partial charge in [0, 0.05) is 17.4 Å². The Balaban J connectivity index is 1.90. The molecule has 1 amide bonds. The van der Waals surface area contributed by atoms with E-state index in [0.29, 0.717) is 28.2 Å². The number of H-pyrrole nitrogens is 1. The fourth-order valence-corrected chi connectivity index (χ4v) is 1.98. The molecule has 1 aromatic carbocycles. The van der Waals surface area contributed by atoms with Crippen LogP contribution in [-0.2, 0) is 11.3 Å². The van der Waals surface area contributed by atoms with Crippen LogP contribution in [0.1, 0.15) is 12.7 Å². The zero-order valence-corrected chi connectivity index (χ0v) is 12.2. The third-order valence-corrected chi connectivity index (χ3v) is 3.08. The van der Waals surface area contributed by atoms with E-state index in [4.69, 9.17) is 27.9 Å². The van der Waals surface area contributed by atoms with Crippen molar-refractivity contribution in [3.05, 3.63) is 46.5 Å². The highest BCUT2D eigenvalue weighted by Gasteiger charge is 2.16. The maximum atomic E-state index is 11.9. The molecule has 1 heterocycles. The molecule has 2 rings (SSSR count). The fourth-order valence-electron chi connectivity index (χ4n) is 1.52. The molecular formula is C13H13Cl2N3O2. The highest BCUT2D eigenvalue weighted by Crippen LogP contribution is 2.28. The summed E-state index contributed by atoms with van der Waals surface area (Å²) < 4.78 is 5.50. The quantitative estimate of drug-likeness (QED) is 0.892. The van der Waals surface area contributed by atoms with Gasteiger partial charge < -0.3 is 15.0 Å². The lowest BCUT2D eigenvalue weighted by Crippen LogP contribution is -2.36. The number of nitrogens with zero attached hydrogens (tertiary/aromatic N) is 1. The summed E-state index contributed by atoms with van der Waals surface area (Å²) in [6.45, 7) is 1.95. The van der Waals surface area contributed by atoms with Crippen LogP contribution in [0.4, 0.5) is 0 Å². The number of hydrogen-bond acceptors (Lipinski definition) is 3. The van der Waals surface area contributed by atoms with Crippen molar-refractivity contribution in [2.75, 3.05) is 0 Å². The number of carbonyl (C=O) groups is 1. The van der Waals surface area contributed by atoms with Crippen LogP contribution in [0.2, 0.25) is 10.0 Å². The minimum atomic E-state index is -0.677. The highest BCUT2D eigenvalue weighted by molar-refractivity contribution is 6.35. The Bertz CT molecular complexity index is 587. The zero-order chi connectivity index (χ0) is 14.5. The lowest BCUT2D eigenvalue weighted by molar-refractivity contribution is -0.127. The largest absolute Gasteiger partial charge is 0.479 e. The normalized spacial score (nSPS) is 11.9. The minimum absolute atomic E-state index is 0.257. The van der Waals surface area contributed by atoms with Crippen LogP contribution in [0.5, 0.6) is 5.75 Å². The molecular weight excluding hydrogens is 301 g/mol. The van der Waals surface area contributed by atoms with Crippen molar-refractivity contribution in [1.82, 2.24) is 15.3 Å². The van der Waals surface area contributed by atoms with E-state index in [1.807, 2.05) is 0 Å². The van der Waals surface area contributed by atoms with E-state index in [9.17, 15) is 4.79 Å². The van der Waals surface area contributed by atoms with Crippen molar-refractivity contribution in [2.24, 2.45) is 0 Å². The fraction of sp³-hybridized carbons (Fsp3) is 0.231. The van der Waals surface area contributed by atoms with E-state index in [2.05, 4.69) is 15.3 Å². The van der Waals surface area contributed by atoms with Gasteiger partial charge in [0.05, 0.1) is 11.6 Å². The lowest BCUT2D eigenvalue weighted by Gasteiger charge is -2.15. The molecule has 2 N–H and O–H groups in total. The van der Waals surface area contributed by atoms with Gasteiger partial charge in [0.15, 0.2) is 6.10 Å². The topological polar surface area (TPSA) is 67.0 Å². The van der Waals surface area contributed by atoms with Crippen LogP contribution in [-0.4, -0.2) is 22.0 Å². The third kappa shape index (κ3) is 3.88. The number of benzene rings is 1. The highest BCUT2D eigenvalue weighted by atomic mass is 35.5. The second-order valence-electron chi connectivity index (χ2n) is 4.09. The number of rotatable bonds is 5. The number of nitrogens with one attached hydrogen (secondary N) is 2. The van der Waals surface area contributed by atoms with Gasteiger partial charge in [-0.2, -0.15) is 0 Å². The molecule has 5 nitrogen and oxygen atoms in total.